The summed E-state index contributed by atoms with van der Waals surface area (Å²) in [5, 5.41) is 4.22. The Hall–Kier alpha value is -2.34. The second-order valence-electron chi connectivity index (χ2n) is 6.86. The Morgan fingerprint density at radius 3 is 2.52 bits per heavy atom. The Balaban J connectivity index is 1.91. The molecule has 148 valence electrons. The Morgan fingerprint density at radius 1 is 1.07 bits per heavy atom. The summed E-state index contributed by atoms with van der Waals surface area (Å²) < 4.78 is 5.99. The summed E-state index contributed by atoms with van der Waals surface area (Å²) in [5.74, 6) is -0.303. The van der Waals surface area contributed by atoms with E-state index in [1.165, 1.54) is 7.11 Å². The maximum Gasteiger partial charge on any atom is 0.319 e. The molecule has 4 rings (SSSR count). The molecule has 29 heavy (non-hydrogen) atoms. The van der Waals surface area contributed by atoms with E-state index < -0.39 is 0 Å². The first-order chi connectivity index (χ1) is 14.1. The molecule has 0 aliphatic carbocycles. The number of carbonyl (C=O) groups is 1. The van der Waals surface area contributed by atoms with Crippen LogP contribution in [0.2, 0.25) is 5.02 Å². The van der Waals surface area contributed by atoms with Gasteiger partial charge in [-0.05, 0) is 35.4 Å². The van der Waals surface area contributed by atoms with Crippen molar-refractivity contribution in [3.05, 3.63) is 99.0 Å². The number of fused-ring (bicyclic) bond motifs is 1. The second kappa shape index (κ2) is 8.57. The van der Waals surface area contributed by atoms with Crippen molar-refractivity contribution in [3.63, 3.8) is 0 Å². The van der Waals surface area contributed by atoms with Crippen LogP contribution in [-0.4, -0.2) is 24.5 Å². The number of ether oxygens (including phenoxy) is 1. The van der Waals surface area contributed by atoms with Gasteiger partial charge in [-0.1, -0.05) is 76.1 Å². The SMILES string of the molecule is COC(=O)CN1[C@@H](c2ccccc2)c2cc(Br)ccc2N[C@H]1c1ccccc1Cl. The largest absolute Gasteiger partial charge is 0.468 e. The molecule has 0 bridgehead atoms. The number of hydrogen-bond acceptors (Lipinski definition) is 4. The predicted molar refractivity (Wildman–Crippen MR) is 119 cm³/mol. The van der Waals surface area contributed by atoms with Gasteiger partial charge in [-0.2, -0.15) is 0 Å². The number of rotatable bonds is 4. The summed E-state index contributed by atoms with van der Waals surface area (Å²) in [4.78, 5) is 14.5. The molecule has 0 fully saturated rings. The number of carbonyl (C=O) groups excluding carboxylic acids is 1. The van der Waals surface area contributed by atoms with Gasteiger partial charge in [-0.15, -0.1) is 0 Å². The topological polar surface area (TPSA) is 41.6 Å². The number of halogens is 2. The summed E-state index contributed by atoms with van der Waals surface area (Å²) in [6.07, 6.45) is -0.290. The first-order valence-electron chi connectivity index (χ1n) is 9.26. The highest BCUT2D eigenvalue weighted by Crippen LogP contribution is 2.45. The van der Waals surface area contributed by atoms with E-state index in [1.54, 1.807) is 0 Å². The fourth-order valence-corrected chi connectivity index (χ4v) is 4.42. The van der Waals surface area contributed by atoms with Crippen molar-refractivity contribution in [3.8, 4) is 0 Å². The van der Waals surface area contributed by atoms with Crippen LogP contribution in [0, 0.1) is 0 Å². The monoisotopic (exact) mass is 470 g/mol. The zero-order valence-corrected chi connectivity index (χ0v) is 18.2. The van der Waals surface area contributed by atoms with Crippen molar-refractivity contribution < 1.29 is 9.53 Å². The lowest BCUT2D eigenvalue weighted by atomic mass is 9.91. The summed E-state index contributed by atoms with van der Waals surface area (Å²) >= 11 is 10.1. The van der Waals surface area contributed by atoms with Crippen molar-refractivity contribution in [1.82, 2.24) is 4.90 Å². The number of methoxy groups -OCH3 is 1. The summed E-state index contributed by atoms with van der Waals surface area (Å²) in [7, 11) is 1.41. The van der Waals surface area contributed by atoms with Crippen molar-refractivity contribution >= 4 is 39.2 Å². The molecule has 0 amide bonds. The number of anilines is 1. The third-order valence-corrected chi connectivity index (χ3v) is 5.96. The normalized spacial score (nSPS) is 18.6. The minimum absolute atomic E-state index is 0.116. The van der Waals surface area contributed by atoms with Gasteiger partial charge in [0.2, 0.25) is 0 Å². The fourth-order valence-electron chi connectivity index (χ4n) is 3.80. The Kier molecular flexibility index (Phi) is 5.90. The highest BCUT2D eigenvalue weighted by Gasteiger charge is 2.38. The summed E-state index contributed by atoms with van der Waals surface area (Å²) in [5.41, 5.74) is 4.09. The van der Waals surface area contributed by atoms with Gasteiger partial charge in [0.05, 0.1) is 19.7 Å². The predicted octanol–water partition coefficient (Wildman–Crippen LogP) is 5.79. The number of esters is 1. The van der Waals surface area contributed by atoms with Gasteiger partial charge in [0.15, 0.2) is 0 Å². The quantitative estimate of drug-likeness (QED) is 0.489. The molecule has 3 aromatic rings. The average molecular weight is 472 g/mol. The first-order valence-corrected chi connectivity index (χ1v) is 10.4. The van der Waals surface area contributed by atoms with Crippen LogP contribution in [0.15, 0.2) is 77.3 Å². The van der Waals surface area contributed by atoms with Crippen LogP contribution in [0.1, 0.15) is 28.9 Å². The van der Waals surface area contributed by atoms with Crippen LogP contribution in [0.25, 0.3) is 0 Å². The number of nitrogens with zero attached hydrogens (tertiary/aromatic N) is 1. The van der Waals surface area contributed by atoms with Gasteiger partial charge in [-0.25, -0.2) is 0 Å². The second-order valence-corrected chi connectivity index (χ2v) is 8.18. The highest BCUT2D eigenvalue weighted by atomic mass is 79.9. The standard InChI is InChI=1S/C23H20BrClN2O2/c1-29-21(28)14-27-22(15-7-3-2-4-8-15)18-13-16(24)11-12-20(18)26-23(27)17-9-5-6-10-19(17)25/h2-13,22-23,26H,14H2,1H3/t22-,23+/m0/s1. The third-order valence-electron chi connectivity index (χ3n) is 5.12. The molecule has 0 aromatic heterocycles. The van der Waals surface area contributed by atoms with Crippen LogP contribution >= 0.6 is 27.5 Å². The van der Waals surface area contributed by atoms with E-state index in [4.69, 9.17) is 16.3 Å². The van der Waals surface area contributed by atoms with E-state index >= 15 is 0 Å². The fraction of sp³-hybridized carbons (Fsp3) is 0.174. The van der Waals surface area contributed by atoms with Crippen LogP contribution < -0.4 is 5.32 Å². The smallest absolute Gasteiger partial charge is 0.319 e. The maximum absolute atomic E-state index is 12.4. The molecule has 2 atom stereocenters. The van der Waals surface area contributed by atoms with Crippen molar-refractivity contribution in [2.75, 3.05) is 19.0 Å². The lowest BCUT2D eigenvalue weighted by Crippen LogP contribution is -2.44. The molecule has 0 unspecified atom stereocenters. The zero-order valence-electron chi connectivity index (χ0n) is 15.8. The van der Waals surface area contributed by atoms with E-state index in [9.17, 15) is 4.79 Å². The van der Waals surface area contributed by atoms with Crippen LogP contribution in [-0.2, 0) is 9.53 Å². The lowest BCUT2D eigenvalue weighted by Gasteiger charge is -2.44. The molecule has 3 aromatic carbocycles. The van der Waals surface area contributed by atoms with E-state index in [0.717, 1.165) is 26.9 Å². The zero-order chi connectivity index (χ0) is 20.4. The maximum atomic E-state index is 12.4. The molecule has 0 saturated carbocycles. The Morgan fingerprint density at radius 2 is 1.79 bits per heavy atom. The van der Waals surface area contributed by atoms with E-state index in [0.29, 0.717) is 5.02 Å². The number of benzene rings is 3. The molecule has 1 N–H and O–H groups in total. The first kappa shape index (κ1) is 20.0. The molecule has 1 aliphatic heterocycles. The molecule has 0 saturated heterocycles. The molecule has 0 spiro atoms. The van der Waals surface area contributed by atoms with Crippen molar-refractivity contribution in [2.24, 2.45) is 0 Å². The number of hydrogen-bond donors (Lipinski definition) is 1. The molecule has 0 radical (unpaired) electrons. The van der Waals surface area contributed by atoms with Gasteiger partial charge < -0.3 is 10.1 Å². The molecular formula is C23H20BrClN2O2. The minimum Gasteiger partial charge on any atom is -0.468 e. The van der Waals surface area contributed by atoms with Crippen LogP contribution in [0.5, 0.6) is 0 Å². The van der Waals surface area contributed by atoms with E-state index in [1.807, 2.05) is 48.5 Å². The Labute approximate surface area is 183 Å². The number of nitrogens with one attached hydrogen (secondary N) is 1. The van der Waals surface area contributed by atoms with Gasteiger partial charge in [0.1, 0.15) is 6.17 Å². The van der Waals surface area contributed by atoms with Gasteiger partial charge in [-0.3, -0.25) is 9.69 Å². The van der Waals surface area contributed by atoms with Gasteiger partial charge in [0.25, 0.3) is 0 Å². The van der Waals surface area contributed by atoms with Crippen molar-refractivity contribution in [2.45, 2.75) is 12.2 Å². The Bertz CT molecular complexity index is 1030. The summed E-state index contributed by atoms with van der Waals surface area (Å²) in [6.45, 7) is 0.116. The lowest BCUT2D eigenvalue weighted by molar-refractivity contribution is -0.143. The molecule has 4 nitrogen and oxygen atoms in total. The minimum atomic E-state index is -0.303. The van der Waals surface area contributed by atoms with E-state index in [-0.39, 0.29) is 24.7 Å². The van der Waals surface area contributed by atoms with Gasteiger partial charge >= 0.3 is 5.97 Å². The van der Waals surface area contributed by atoms with E-state index in [2.05, 4.69) is 50.4 Å². The molecule has 1 heterocycles. The molecule has 6 heteroatoms. The summed E-state index contributed by atoms with van der Waals surface area (Å²) in [6, 6.07) is 23.9. The van der Waals surface area contributed by atoms with Gasteiger partial charge in [0, 0.05) is 20.7 Å². The third kappa shape index (κ3) is 4.04. The van der Waals surface area contributed by atoms with Crippen LogP contribution in [0.4, 0.5) is 5.69 Å². The highest BCUT2D eigenvalue weighted by molar-refractivity contribution is 9.10. The van der Waals surface area contributed by atoms with Crippen molar-refractivity contribution in [1.29, 1.82) is 0 Å². The van der Waals surface area contributed by atoms with Crippen LogP contribution in [0.3, 0.4) is 0 Å². The molecule has 1 aliphatic rings. The molecular weight excluding hydrogens is 452 g/mol. The average Bonchev–Trinajstić information content (AvgIpc) is 2.74.